The number of allylic oxidation sites excluding steroid dienone is 2. The van der Waals surface area contributed by atoms with Crippen LogP contribution in [0.3, 0.4) is 0 Å². The lowest BCUT2D eigenvalue weighted by Crippen LogP contribution is -2.45. The number of carbonyl (C=O) groups is 1. The Kier molecular flexibility index (Phi) is 40.8. The van der Waals surface area contributed by atoms with Crippen LogP contribution in [-0.2, 0) is 4.79 Å². The molecule has 3 N–H and O–H groups in total. The summed E-state index contributed by atoms with van der Waals surface area (Å²) in [4.78, 5) is 12.4. The van der Waals surface area contributed by atoms with E-state index in [-0.39, 0.29) is 12.5 Å². The van der Waals surface area contributed by atoms with E-state index >= 15 is 0 Å². The van der Waals surface area contributed by atoms with Crippen LogP contribution in [0.15, 0.2) is 12.2 Å². The molecular weight excluding hydrogens is 602 g/mol. The van der Waals surface area contributed by atoms with Gasteiger partial charge in [0.15, 0.2) is 0 Å². The fraction of sp³-hybridized carbons (Fsp3) is 0.933. The van der Waals surface area contributed by atoms with E-state index in [1.807, 2.05) is 0 Å². The molecule has 2 atom stereocenters. The summed E-state index contributed by atoms with van der Waals surface area (Å²) in [6, 6.07) is -0.535. The monoisotopic (exact) mass is 692 g/mol. The van der Waals surface area contributed by atoms with Gasteiger partial charge in [0.05, 0.1) is 18.8 Å². The van der Waals surface area contributed by atoms with Crippen LogP contribution in [0.5, 0.6) is 0 Å². The van der Waals surface area contributed by atoms with Crippen LogP contribution in [0.1, 0.15) is 251 Å². The summed E-state index contributed by atoms with van der Waals surface area (Å²) in [6.45, 7) is 4.37. The van der Waals surface area contributed by atoms with E-state index in [1.54, 1.807) is 0 Å². The molecule has 0 saturated carbocycles. The largest absolute Gasteiger partial charge is 0.394 e. The van der Waals surface area contributed by atoms with Crippen molar-refractivity contribution < 1.29 is 15.0 Å². The maximum absolute atomic E-state index is 12.4. The molecular formula is C45H89NO3. The molecule has 0 spiro atoms. The van der Waals surface area contributed by atoms with Crippen molar-refractivity contribution in [3.05, 3.63) is 12.2 Å². The molecule has 1 amide bonds. The van der Waals surface area contributed by atoms with E-state index < -0.39 is 12.1 Å². The van der Waals surface area contributed by atoms with Crippen molar-refractivity contribution in [1.82, 2.24) is 5.32 Å². The fourth-order valence-electron chi connectivity index (χ4n) is 7.06. The molecule has 2 unspecified atom stereocenters. The summed E-state index contributed by atoms with van der Waals surface area (Å²) in [5, 5.41) is 23.2. The Morgan fingerprint density at radius 2 is 0.776 bits per heavy atom. The first-order chi connectivity index (χ1) is 24.2. The van der Waals surface area contributed by atoms with Crippen molar-refractivity contribution in [1.29, 1.82) is 0 Å². The summed E-state index contributed by atoms with van der Waals surface area (Å²) in [5.41, 5.74) is 0. The predicted molar refractivity (Wildman–Crippen MR) is 216 cm³/mol. The van der Waals surface area contributed by atoms with Crippen LogP contribution < -0.4 is 5.32 Å². The van der Waals surface area contributed by atoms with Crippen molar-refractivity contribution in [3.63, 3.8) is 0 Å². The first kappa shape index (κ1) is 48.1. The number of hydrogen-bond acceptors (Lipinski definition) is 3. The molecule has 49 heavy (non-hydrogen) atoms. The van der Waals surface area contributed by atoms with Crippen LogP contribution in [0.25, 0.3) is 0 Å². The van der Waals surface area contributed by atoms with Gasteiger partial charge in [-0.3, -0.25) is 4.79 Å². The van der Waals surface area contributed by atoms with Gasteiger partial charge in [0, 0.05) is 6.42 Å². The van der Waals surface area contributed by atoms with Crippen LogP contribution in [-0.4, -0.2) is 34.9 Å². The minimum absolute atomic E-state index is 0.0330. The Hall–Kier alpha value is -0.870. The van der Waals surface area contributed by atoms with Crippen molar-refractivity contribution >= 4 is 5.91 Å². The lowest BCUT2D eigenvalue weighted by molar-refractivity contribution is -0.123. The molecule has 0 radical (unpaired) electrons. The second-order valence-corrected chi connectivity index (χ2v) is 15.5. The highest BCUT2D eigenvalue weighted by Gasteiger charge is 2.20. The van der Waals surface area contributed by atoms with Gasteiger partial charge in [-0.1, -0.05) is 219 Å². The zero-order chi connectivity index (χ0) is 35.7. The highest BCUT2D eigenvalue weighted by Crippen LogP contribution is 2.16. The molecule has 0 aliphatic carbocycles. The Labute approximate surface area is 307 Å². The van der Waals surface area contributed by atoms with Crippen LogP contribution >= 0.6 is 0 Å². The van der Waals surface area contributed by atoms with Gasteiger partial charge in [0.25, 0.3) is 0 Å². The third-order valence-corrected chi connectivity index (χ3v) is 10.5. The van der Waals surface area contributed by atoms with Gasteiger partial charge in [0.2, 0.25) is 5.91 Å². The second kappa shape index (κ2) is 41.5. The molecule has 0 rings (SSSR count). The summed E-state index contributed by atoms with van der Waals surface area (Å²) < 4.78 is 0. The molecule has 0 fully saturated rings. The number of hydrogen-bond donors (Lipinski definition) is 3. The highest BCUT2D eigenvalue weighted by molar-refractivity contribution is 5.76. The number of nitrogens with one attached hydrogen (secondary N) is 1. The maximum atomic E-state index is 12.4. The number of rotatable bonds is 41. The van der Waals surface area contributed by atoms with E-state index in [0.717, 1.165) is 25.7 Å². The molecule has 0 aromatic heterocycles. The van der Waals surface area contributed by atoms with Crippen molar-refractivity contribution in [2.24, 2.45) is 0 Å². The van der Waals surface area contributed by atoms with Gasteiger partial charge >= 0.3 is 0 Å². The summed E-state index contributed by atoms with van der Waals surface area (Å²) in [7, 11) is 0. The first-order valence-corrected chi connectivity index (χ1v) is 22.4. The summed E-state index contributed by atoms with van der Waals surface area (Å²) in [6.07, 6.45) is 51.4. The van der Waals surface area contributed by atoms with E-state index in [1.165, 1.54) is 199 Å². The number of amides is 1. The minimum atomic E-state index is -0.658. The zero-order valence-electron chi connectivity index (χ0n) is 33.5. The number of unbranched alkanes of at least 4 members (excludes halogenated alkanes) is 32. The predicted octanol–water partition coefficient (Wildman–Crippen LogP) is 13.9. The summed E-state index contributed by atoms with van der Waals surface area (Å²) in [5.74, 6) is -0.0330. The standard InChI is InChI=1S/C45H89NO3/c1-3-5-7-9-11-13-15-17-19-21-22-23-25-26-28-30-32-34-36-38-40-44(48)43(42-47)46-45(49)41-39-37-35-33-31-29-27-24-20-18-16-14-12-10-8-6-4-2/h18,20,43-44,47-48H,3-17,19,21-42H2,1-2H3,(H,46,49)/b20-18-. The molecule has 0 aromatic rings. The molecule has 0 aliphatic heterocycles. The zero-order valence-corrected chi connectivity index (χ0v) is 33.5. The molecule has 4 heteroatoms. The topological polar surface area (TPSA) is 69.6 Å². The molecule has 0 aliphatic rings. The lowest BCUT2D eigenvalue weighted by Gasteiger charge is -2.22. The van der Waals surface area contributed by atoms with E-state index in [2.05, 4.69) is 31.3 Å². The third kappa shape index (κ3) is 38.2. The van der Waals surface area contributed by atoms with Gasteiger partial charge < -0.3 is 15.5 Å². The smallest absolute Gasteiger partial charge is 0.220 e. The average Bonchev–Trinajstić information content (AvgIpc) is 3.10. The van der Waals surface area contributed by atoms with E-state index in [9.17, 15) is 15.0 Å². The van der Waals surface area contributed by atoms with Gasteiger partial charge in [0.1, 0.15) is 0 Å². The van der Waals surface area contributed by atoms with Crippen LogP contribution in [0, 0.1) is 0 Å². The molecule has 0 saturated heterocycles. The summed E-state index contributed by atoms with van der Waals surface area (Å²) >= 11 is 0. The van der Waals surface area contributed by atoms with Crippen molar-refractivity contribution in [2.75, 3.05) is 6.61 Å². The number of aliphatic hydroxyl groups is 2. The molecule has 4 nitrogen and oxygen atoms in total. The molecule has 0 heterocycles. The molecule has 292 valence electrons. The van der Waals surface area contributed by atoms with Crippen molar-refractivity contribution in [3.8, 4) is 0 Å². The van der Waals surface area contributed by atoms with Crippen LogP contribution in [0.4, 0.5) is 0 Å². The van der Waals surface area contributed by atoms with Crippen molar-refractivity contribution in [2.45, 2.75) is 264 Å². The molecule has 0 aromatic carbocycles. The highest BCUT2D eigenvalue weighted by atomic mass is 16.3. The normalized spacial score (nSPS) is 13.0. The Balaban J connectivity index is 3.49. The quantitative estimate of drug-likeness (QED) is 0.0441. The fourth-order valence-corrected chi connectivity index (χ4v) is 7.06. The van der Waals surface area contributed by atoms with E-state index in [0.29, 0.717) is 12.8 Å². The first-order valence-electron chi connectivity index (χ1n) is 22.4. The average molecular weight is 692 g/mol. The number of carbonyl (C=O) groups excluding carboxylic acids is 1. The van der Waals surface area contributed by atoms with Gasteiger partial charge in [-0.2, -0.15) is 0 Å². The third-order valence-electron chi connectivity index (χ3n) is 10.5. The van der Waals surface area contributed by atoms with Gasteiger partial charge in [-0.25, -0.2) is 0 Å². The Morgan fingerprint density at radius 3 is 1.12 bits per heavy atom. The maximum Gasteiger partial charge on any atom is 0.220 e. The van der Waals surface area contributed by atoms with Crippen LogP contribution in [0.2, 0.25) is 0 Å². The van der Waals surface area contributed by atoms with E-state index in [4.69, 9.17) is 0 Å². The Morgan fingerprint density at radius 1 is 0.469 bits per heavy atom. The lowest BCUT2D eigenvalue weighted by atomic mass is 10.0. The number of aliphatic hydroxyl groups excluding tert-OH is 2. The van der Waals surface area contributed by atoms with Gasteiger partial charge in [-0.15, -0.1) is 0 Å². The Bertz CT molecular complexity index is 666. The second-order valence-electron chi connectivity index (χ2n) is 15.5. The molecule has 0 bridgehead atoms. The minimum Gasteiger partial charge on any atom is -0.394 e. The SMILES string of the molecule is CCCCCCCC/C=C\CCCCCCCCCC(=O)NC(CO)C(O)CCCCCCCCCCCCCCCCCCCCCC. The van der Waals surface area contributed by atoms with Gasteiger partial charge in [-0.05, 0) is 38.5 Å².